The first-order chi connectivity index (χ1) is 12.1. The molecule has 140 valence electrons. The van der Waals surface area contributed by atoms with Gasteiger partial charge in [0.15, 0.2) is 0 Å². The minimum absolute atomic E-state index is 0.246. The summed E-state index contributed by atoms with van der Waals surface area (Å²) in [5.41, 5.74) is 7.13. The van der Waals surface area contributed by atoms with E-state index < -0.39 is 16.4 Å². The van der Waals surface area contributed by atoms with E-state index in [1.54, 1.807) is 0 Å². The molecule has 0 aliphatic rings. The van der Waals surface area contributed by atoms with Gasteiger partial charge in [-0.1, -0.05) is 50.6 Å². The summed E-state index contributed by atoms with van der Waals surface area (Å²) in [7, 11) is 0. The van der Waals surface area contributed by atoms with Crippen LogP contribution in [-0.4, -0.2) is 11.1 Å². The quantitative estimate of drug-likeness (QED) is 0.297. The zero-order valence-electron chi connectivity index (χ0n) is 15.3. The first-order valence-corrected chi connectivity index (χ1v) is 8.90. The predicted molar refractivity (Wildman–Crippen MR) is 108 cm³/mol. The fourth-order valence-electron chi connectivity index (χ4n) is 1.89. The van der Waals surface area contributed by atoms with Crippen LogP contribution in [0.4, 0.5) is 15.8 Å². The number of hydrogen-bond acceptors (Lipinski definition) is 4. The molecule has 0 saturated carbocycles. The Bertz CT molecular complexity index is 788. The number of nitro benzene ring substituents is 1. The third kappa shape index (κ3) is 6.55. The normalized spacial score (nSPS) is 10.7. The zero-order chi connectivity index (χ0) is 19.9. The summed E-state index contributed by atoms with van der Waals surface area (Å²) in [4.78, 5) is 14.2. The van der Waals surface area contributed by atoms with Crippen molar-refractivity contribution in [3.05, 3.63) is 67.4 Å². The molecule has 0 aliphatic heterocycles. The standard InChI is InChI=1S/C15H13BrFN3O2.C4H10/c1-9-2-4-10(5-3-9)7-19-8-11-12(16)6-13(17)15(14(11)18)20(21)22;1-4(2)3/h2-6,8H,7,18H2,1H3;4H,1-3H3. The van der Waals surface area contributed by atoms with E-state index in [1.807, 2.05) is 31.2 Å². The Morgan fingerprint density at radius 2 is 1.85 bits per heavy atom. The molecule has 2 N–H and O–H groups in total. The van der Waals surface area contributed by atoms with Crippen LogP contribution in [0.1, 0.15) is 37.5 Å². The van der Waals surface area contributed by atoms with Gasteiger partial charge in [-0.15, -0.1) is 0 Å². The molecule has 0 unspecified atom stereocenters. The molecule has 0 aliphatic carbocycles. The van der Waals surface area contributed by atoms with Crippen LogP contribution in [0.5, 0.6) is 0 Å². The summed E-state index contributed by atoms with van der Waals surface area (Å²) in [6, 6.07) is 8.84. The molecule has 0 heterocycles. The molecular formula is C19H23BrFN3O2. The second-order valence-corrected chi connectivity index (χ2v) is 7.32. The number of halogens is 2. The van der Waals surface area contributed by atoms with Crippen molar-refractivity contribution in [1.29, 1.82) is 0 Å². The number of nitrogen functional groups attached to an aromatic ring is 1. The second-order valence-electron chi connectivity index (χ2n) is 6.46. The van der Waals surface area contributed by atoms with E-state index in [0.29, 0.717) is 16.6 Å². The van der Waals surface area contributed by atoms with Gasteiger partial charge >= 0.3 is 5.69 Å². The summed E-state index contributed by atoms with van der Waals surface area (Å²) >= 11 is 3.14. The number of benzene rings is 2. The van der Waals surface area contributed by atoms with E-state index in [0.717, 1.165) is 23.1 Å². The van der Waals surface area contributed by atoms with E-state index >= 15 is 0 Å². The van der Waals surface area contributed by atoms with Crippen molar-refractivity contribution in [1.82, 2.24) is 0 Å². The number of nitrogens with zero attached hydrogens (tertiary/aromatic N) is 2. The maximum absolute atomic E-state index is 13.6. The molecule has 26 heavy (non-hydrogen) atoms. The summed E-state index contributed by atoms with van der Waals surface area (Å²) in [6.45, 7) is 8.89. The SMILES string of the molecule is CC(C)C.Cc1ccc(CN=Cc2c(Br)cc(F)c([N+](=O)[O-])c2N)cc1. The Balaban J connectivity index is 0.000000765. The lowest BCUT2D eigenvalue weighted by atomic mass is 10.1. The van der Waals surface area contributed by atoms with Crippen molar-refractivity contribution in [2.75, 3.05) is 5.73 Å². The predicted octanol–water partition coefficient (Wildman–Crippen LogP) is 5.67. The maximum Gasteiger partial charge on any atom is 0.328 e. The molecule has 2 rings (SSSR count). The lowest BCUT2D eigenvalue weighted by molar-refractivity contribution is -0.386. The van der Waals surface area contributed by atoms with E-state index in [1.165, 1.54) is 6.21 Å². The number of rotatable bonds is 4. The Labute approximate surface area is 161 Å². The molecule has 0 bridgehead atoms. The first kappa shape index (κ1) is 21.8. The lowest BCUT2D eigenvalue weighted by Gasteiger charge is -2.05. The van der Waals surface area contributed by atoms with Crippen LogP contribution in [0, 0.1) is 28.8 Å². The van der Waals surface area contributed by atoms with Gasteiger partial charge in [0, 0.05) is 16.3 Å². The molecule has 2 aromatic carbocycles. The van der Waals surface area contributed by atoms with Gasteiger partial charge in [-0.3, -0.25) is 15.1 Å². The van der Waals surface area contributed by atoms with Crippen LogP contribution in [0.3, 0.4) is 0 Å². The first-order valence-electron chi connectivity index (χ1n) is 8.10. The van der Waals surface area contributed by atoms with E-state index in [-0.39, 0.29) is 5.69 Å². The molecule has 2 aromatic rings. The monoisotopic (exact) mass is 423 g/mol. The Kier molecular flexibility index (Phi) is 8.38. The fourth-order valence-corrected chi connectivity index (χ4v) is 2.41. The van der Waals surface area contributed by atoms with Crippen molar-refractivity contribution in [2.45, 2.75) is 34.2 Å². The van der Waals surface area contributed by atoms with Gasteiger partial charge in [0.05, 0.1) is 11.5 Å². The average Bonchev–Trinajstić information content (AvgIpc) is 2.51. The van der Waals surface area contributed by atoms with Gasteiger partial charge in [0.1, 0.15) is 5.69 Å². The van der Waals surface area contributed by atoms with E-state index in [2.05, 4.69) is 41.7 Å². The highest BCUT2D eigenvalue weighted by molar-refractivity contribution is 9.10. The molecule has 0 saturated heterocycles. The third-order valence-electron chi connectivity index (χ3n) is 3.08. The number of aliphatic imine (C=N–C) groups is 1. The minimum atomic E-state index is -0.981. The van der Waals surface area contributed by atoms with Crippen molar-refractivity contribution in [3.63, 3.8) is 0 Å². The summed E-state index contributed by atoms with van der Waals surface area (Å²) in [6.07, 6.45) is 1.41. The minimum Gasteiger partial charge on any atom is -0.392 e. The van der Waals surface area contributed by atoms with Crippen LogP contribution in [0.15, 0.2) is 39.8 Å². The topological polar surface area (TPSA) is 81.5 Å². The van der Waals surface area contributed by atoms with Crippen molar-refractivity contribution >= 4 is 33.5 Å². The maximum atomic E-state index is 13.6. The molecule has 0 aromatic heterocycles. The van der Waals surface area contributed by atoms with Crippen LogP contribution in [-0.2, 0) is 6.54 Å². The van der Waals surface area contributed by atoms with Gasteiger partial charge in [0.25, 0.3) is 0 Å². The van der Waals surface area contributed by atoms with Crippen LogP contribution in [0.2, 0.25) is 0 Å². The van der Waals surface area contributed by atoms with E-state index in [4.69, 9.17) is 5.73 Å². The van der Waals surface area contributed by atoms with Gasteiger partial charge in [-0.05, 0) is 40.4 Å². The highest BCUT2D eigenvalue weighted by atomic mass is 79.9. The highest BCUT2D eigenvalue weighted by Gasteiger charge is 2.23. The number of nitrogens with two attached hydrogens (primary N) is 1. The van der Waals surface area contributed by atoms with Crippen LogP contribution >= 0.6 is 15.9 Å². The van der Waals surface area contributed by atoms with Gasteiger partial charge in [-0.25, -0.2) is 0 Å². The summed E-state index contributed by atoms with van der Waals surface area (Å²) < 4.78 is 13.9. The average molecular weight is 424 g/mol. The summed E-state index contributed by atoms with van der Waals surface area (Å²) in [5.74, 6) is -0.148. The third-order valence-corrected chi connectivity index (χ3v) is 3.74. The molecule has 5 nitrogen and oxygen atoms in total. The molecular weight excluding hydrogens is 401 g/mol. The van der Waals surface area contributed by atoms with E-state index in [9.17, 15) is 14.5 Å². The van der Waals surface area contributed by atoms with Gasteiger partial charge in [-0.2, -0.15) is 4.39 Å². The lowest BCUT2D eigenvalue weighted by Crippen LogP contribution is -2.04. The van der Waals surface area contributed by atoms with Crippen molar-refractivity contribution in [2.24, 2.45) is 10.9 Å². The number of aryl methyl sites for hydroxylation is 1. The number of hydrogen-bond donors (Lipinski definition) is 1. The van der Waals surface area contributed by atoms with Crippen LogP contribution in [0.25, 0.3) is 0 Å². The largest absolute Gasteiger partial charge is 0.392 e. The molecule has 7 heteroatoms. The number of nitro groups is 1. The smallest absolute Gasteiger partial charge is 0.328 e. The Morgan fingerprint density at radius 3 is 2.35 bits per heavy atom. The van der Waals surface area contributed by atoms with Gasteiger partial charge in [0.2, 0.25) is 5.82 Å². The molecule has 0 amide bonds. The molecule has 0 spiro atoms. The zero-order valence-corrected chi connectivity index (χ0v) is 16.9. The molecule has 0 fully saturated rings. The Hall–Kier alpha value is -2.28. The highest BCUT2D eigenvalue weighted by Crippen LogP contribution is 2.33. The molecule has 0 radical (unpaired) electrons. The van der Waals surface area contributed by atoms with Crippen molar-refractivity contribution < 1.29 is 9.31 Å². The molecule has 0 atom stereocenters. The van der Waals surface area contributed by atoms with Gasteiger partial charge < -0.3 is 5.73 Å². The summed E-state index contributed by atoms with van der Waals surface area (Å²) in [5, 5.41) is 10.9. The second kappa shape index (κ2) is 10.0. The fraction of sp³-hybridized carbons (Fsp3) is 0.316. The van der Waals surface area contributed by atoms with Crippen molar-refractivity contribution in [3.8, 4) is 0 Å². The number of anilines is 1. The van der Waals surface area contributed by atoms with Crippen LogP contribution < -0.4 is 5.73 Å². The Morgan fingerprint density at radius 1 is 1.31 bits per heavy atom.